The van der Waals surface area contributed by atoms with Gasteiger partial charge in [0.2, 0.25) is 0 Å². The van der Waals surface area contributed by atoms with Gasteiger partial charge in [-0.05, 0) is 20.8 Å². The van der Waals surface area contributed by atoms with Crippen LogP contribution in [-0.4, -0.2) is 52.2 Å². The molecule has 0 N–H and O–H groups in total. The third kappa shape index (κ3) is 35.2. The molecule has 3 rings (SSSR count). The number of rotatable bonds is 19. The Morgan fingerprint density at radius 2 is 0.964 bits per heavy atom. The first-order valence-electron chi connectivity index (χ1n) is 20.0. The predicted molar refractivity (Wildman–Crippen MR) is 264 cm³/mol. The van der Waals surface area contributed by atoms with Crippen molar-refractivity contribution in [2.75, 3.05) is 0 Å². The summed E-state index contributed by atoms with van der Waals surface area (Å²) in [6, 6.07) is 8.03. The monoisotopic (exact) mass is 1520 g/mol. The topological polar surface area (TPSA) is 106 Å². The second-order valence-corrected chi connectivity index (χ2v) is 40.3. The number of nitrogens with zero attached hydrogens (tertiary/aromatic N) is 4. The summed E-state index contributed by atoms with van der Waals surface area (Å²) in [5, 5.41) is 22.5. The van der Waals surface area contributed by atoms with E-state index in [1.165, 1.54) is 114 Å². The molecule has 0 radical (unpaired) electrons. The van der Waals surface area contributed by atoms with Gasteiger partial charge in [0.05, 0.1) is 18.3 Å². The van der Waals surface area contributed by atoms with Crippen molar-refractivity contribution in [3.63, 3.8) is 0 Å². The molecule has 56 heavy (non-hydrogen) atoms. The molecule has 0 saturated carbocycles. The van der Waals surface area contributed by atoms with Crippen molar-refractivity contribution in [2.24, 2.45) is 0 Å². The van der Waals surface area contributed by atoms with Gasteiger partial charge in [0.25, 0.3) is 6.07 Å². The fourth-order valence-electron chi connectivity index (χ4n) is 5.86. The van der Waals surface area contributed by atoms with Gasteiger partial charge in [-0.25, -0.2) is 0 Å². The van der Waals surface area contributed by atoms with Crippen molar-refractivity contribution in [3.05, 3.63) is 55.0 Å². The largest absolute Gasteiger partial charge is 0.361 e. The number of unbranched alkanes of at least 4 members (excludes halogenated alkanes) is 6. The van der Waals surface area contributed by atoms with E-state index in [4.69, 9.17) is 25.2 Å². The zero-order valence-corrected chi connectivity index (χ0v) is 51.5. The van der Waals surface area contributed by atoms with E-state index >= 15 is 0 Å². The molecular weight excluding hydrogens is 1440 g/mol. The standard InChI is InChI=1S/C5H7NO.C4H4INO.C4H4NO.6C4H9.C2H3NO.C2H.I2.2Pd.2Sn/c1-4-3-5(2)7-6-4;1-3-2-4(5)7-6-3;1-4-2-3-6-5-4;6*1-3-4-2;1-2-3-4;2*1-2;;;;/h3H,1-2H3;2H,1H3;2H,1H3;6*1,3-4H2,2H3;1H3;1H;;;;;. The minimum Gasteiger partial charge on any atom is -0.361 e. The van der Waals surface area contributed by atoms with Crippen molar-refractivity contribution in [3.8, 4) is 16.4 Å². The van der Waals surface area contributed by atoms with Gasteiger partial charge in [-0.15, -0.1) is 0 Å². The molecule has 0 atom stereocenters. The van der Waals surface area contributed by atoms with Crippen LogP contribution in [0.2, 0.25) is 26.6 Å². The molecule has 0 spiro atoms. The Kier molecular flexibility index (Phi) is 54.9. The van der Waals surface area contributed by atoms with Crippen LogP contribution in [0.1, 0.15) is 148 Å². The number of aryl methyl sites for hydroxylation is 4. The van der Waals surface area contributed by atoms with Gasteiger partial charge in [0.15, 0.2) is 3.77 Å². The minimum atomic E-state index is -2.30. The van der Waals surface area contributed by atoms with Crippen molar-refractivity contribution in [1.29, 1.82) is 0 Å². The van der Waals surface area contributed by atoms with E-state index in [0.717, 1.165) is 26.6 Å². The maximum absolute atomic E-state index is 8.81. The fraction of sp³-hybridized carbons (Fsp3) is 0.707. The summed E-state index contributed by atoms with van der Waals surface area (Å²) < 4.78 is 29.4. The molecule has 0 fully saturated rings. The number of aromatic nitrogens is 3. The molecule has 3 aromatic rings. The summed E-state index contributed by atoms with van der Waals surface area (Å²) in [4.78, 5) is 0. The summed E-state index contributed by atoms with van der Waals surface area (Å²) in [5.74, 6) is 0.873. The van der Waals surface area contributed by atoms with E-state index in [1.54, 1.807) is 0 Å². The van der Waals surface area contributed by atoms with E-state index in [-0.39, 0.29) is 40.8 Å². The number of hydrogen-bond donors (Lipinski definition) is 0. The SMILES string of the molecule is C#[C][Sn]([CH2]CCC)([CH2]CCC)[CH2]CCC.CC#[N+][O-].CCC[CH2][Sn]([CH2]CCC)([CH2]CCC)[c]1cc(C)no1.Cc1cc(C)on1.Cc1cc(I)on1.II.[Pd].[Pd]. The van der Waals surface area contributed by atoms with E-state index in [9.17, 15) is 0 Å². The molecule has 0 saturated heterocycles. The predicted octanol–water partition coefficient (Wildman–Crippen LogP) is 15.5. The number of halogens is 3. The number of hydrogen-bond acceptors (Lipinski definition) is 7. The van der Waals surface area contributed by atoms with Crippen molar-refractivity contribution in [1.82, 2.24) is 15.5 Å². The third-order valence-corrected chi connectivity index (χ3v) is 37.3. The van der Waals surface area contributed by atoms with Crippen molar-refractivity contribution < 1.29 is 54.4 Å². The van der Waals surface area contributed by atoms with E-state index in [0.29, 0.717) is 0 Å². The molecule has 0 aromatic carbocycles. The average Bonchev–Trinajstić information content (AvgIpc) is 3.92. The zero-order chi connectivity index (χ0) is 41.7. The van der Waals surface area contributed by atoms with Crippen LogP contribution in [0, 0.1) is 53.1 Å². The molecule has 330 valence electrons. The quantitative estimate of drug-likeness (QED) is 0.0509. The smallest absolute Gasteiger partial charge is 0.196 e. The number of terminal acetylenes is 1. The first-order chi connectivity index (χ1) is 25.9. The van der Waals surface area contributed by atoms with Gasteiger partial charge in [-0.1, -0.05) is 10.3 Å². The molecule has 3 aromatic heterocycles. The molecule has 0 aliphatic rings. The van der Waals surface area contributed by atoms with Crippen LogP contribution >= 0.6 is 59.8 Å². The Morgan fingerprint density at radius 3 is 1.16 bits per heavy atom. The molecule has 0 bridgehead atoms. The maximum Gasteiger partial charge on any atom is 0.196 e. The van der Waals surface area contributed by atoms with Crippen LogP contribution in [0.5, 0.6) is 0 Å². The third-order valence-electron chi connectivity index (χ3n) is 8.95. The Hall–Kier alpha value is 1.59. The molecule has 0 unspecified atom stereocenters. The average molecular weight is 1520 g/mol. The normalized spacial score (nSPS) is 9.80. The van der Waals surface area contributed by atoms with Crippen LogP contribution < -0.4 is 3.78 Å². The van der Waals surface area contributed by atoms with Crippen LogP contribution in [0.3, 0.4) is 0 Å². The van der Waals surface area contributed by atoms with Gasteiger partial charge < -0.3 is 14.3 Å². The van der Waals surface area contributed by atoms with Gasteiger partial charge >= 0.3 is 224 Å². The van der Waals surface area contributed by atoms with E-state index < -0.39 is 36.8 Å². The molecule has 3 heterocycles. The van der Waals surface area contributed by atoms with Crippen LogP contribution in [0.4, 0.5) is 0 Å². The Labute approximate surface area is 415 Å². The zero-order valence-electron chi connectivity index (χ0n) is 36.2. The van der Waals surface area contributed by atoms with Crippen molar-refractivity contribution >= 4 is 100 Å². The summed E-state index contributed by atoms with van der Waals surface area (Å²) >= 11 is 1.92. The van der Waals surface area contributed by atoms with Gasteiger partial charge in [0, 0.05) is 118 Å². The van der Waals surface area contributed by atoms with Gasteiger partial charge in [0.1, 0.15) is 5.76 Å². The van der Waals surface area contributed by atoms with Crippen LogP contribution in [0.15, 0.2) is 31.8 Å². The fourth-order valence-corrected chi connectivity index (χ4v) is 33.8. The van der Waals surface area contributed by atoms with Crippen LogP contribution in [-0.2, 0) is 40.8 Å². The van der Waals surface area contributed by atoms with Gasteiger partial charge in [-0.2, -0.15) is 0 Å². The first-order valence-corrected chi connectivity index (χ1v) is 42.3. The molecule has 0 aliphatic carbocycles. The molecule has 0 aliphatic heterocycles. The Balaban J connectivity index is -0.000000207. The minimum absolute atomic E-state index is 0. The summed E-state index contributed by atoms with van der Waals surface area (Å²) in [7, 11) is 0. The molecular formula is C41H73I3N4O4Pd2Sn2. The second-order valence-electron chi connectivity index (χ2n) is 13.8. The molecule has 15 heteroatoms. The van der Waals surface area contributed by atoms with E-state index in [2.05, 4.69) is 139 Å². The van der Waals surface area contributed by atoms with Crippen molar-refractivity contribution in [2.45, 2.75) is 180 Å². The summed E-state index contributed by atoms with van der Waals surface area (Å²) in [6.07, 6.45) is 22.0. The maximum atomic E-state index is 8.81. The molecule has 8 nitrogen and oxygen atoms in total. The Bertz CT molecular complexity index is 1260. The first kappa shape index (κ1) is 66.7. The van der Waals surface area contributed by atoms with Crippen LogP contribution in [0.25, 0.3) is 5.01 Å². The Morgan fingerprint density at radius 1 is 0.625 bits per heavy atom. The summed E-state index contributed by atoms with van der Waals surface area (Å²) in [6.45, 7) is 23.0. The second kappa shape index (κ2) is 46.1. The summed E-state index contributed by atoms with van der Waals surface area (Å²) in [5.41, 5.74) is 2.95. The molecule has 0 amide bonds. The van der Waals surface area contributed by atoms with E-state index in [1.807, 2.05) is 39.0 Å². The van der Waals surface area contributed by atoms with Gasteiger partial charge in [-0.3, -0.25) is 0 Å².